The molecule has 7 nitrogen and oxygen atoms in total. The van der Waals surface area contributed by atoms with Crippen molar-refractivity contribution >= 4 is 40.5 Å². The molecule has 0 bridgehead atoms. The fourth-order valence-electron chi connectivity index (χ4n) is 2.93. The van der Waals surface area contributed by atoms with Crippen molar-refractivity contribution in [2.45, 2.75) is 6.42 Å². The third kappa shape index (κ3) is 4.49. The molecule has 8 heteroatoms. The van der Waals surface area contributed by atoms with E-state index in [9.17, 15) is 14.9 Å². The van der Waals surface area contributed by atoms with Crippen molar-refractivity contribution < 1.29 is 14.1 Å². The van der Waals surface area contributed by atoms with Crippen molar-refractivity contribution in [2.75, 3.05) is 6.54 Å². The summed E-state index contributed by atoms with van der Waals surface area (Å²) in [6, 6.07) is 22.0. The van der Waals surface area contributed by atoms with Gasteiger partial charge in [-0.15, -0.1) is 0 Å². The van der Waals surface area contributed by atoms with Crippen LogP contribution in [-0.2, 0) is 11.2 Å². The first-order valence-corrected chi connectivity index (χ1v) is 10.0. The number of thioether (sulfide) groups is 1. The van der Waals surface area contributed by atoms with E-state index >= 15 is 0 Å². The molecule has 1 saturated heterocycles. The normalized spacial score (nSPS) is 16.5. The summed E-state index contributed by atoms with van der Waals surface area (Å²) in [5.41, 5.74) is 1.86. The molecule has 1 aromatic heterocycles. The molecular formula is C22H17N3O4S. The van der Waals surface area contributed by atoms with Gasteiger partial charge in [-0.2, -0.15) is 0 Å². The molecule has 2 aromatic carbocycles. The Balaban J connectivity index is 1.62. The summed E-state index contributed by atoms with van der Waals surface area (Å²) >= 11 is 1.23. The summed E-state index contributed by atoms with van der Waals surface area (Å²) in [6.07, 6.45) is 2.20. The maximum absolute atomic E-state index is 13.1. The number of hydrogen-bond donors (Lipinski definition) is 0. The topological polar surface area (TPSA) is 88.9 Å². The number of amides is 1. The Morgan fingerprint density at radius 2 is 1.73 bits per heavy atom. The molecule has 150 valence electrons. The smallest absolute Gasteiger partial charge is 0.401 e. The Morgan fingerprint density at radius 1 is 1.03 bits per heavy atom. The van der Waals surface area contributed by atoms with Crippen molar-refractivity contribution in [2.24, 2.45) is 4.99 Å². The van der Waals surface area contributed by atoms with E-state index in [1.54, 1.807) is 4.90 Å². The van der Waals surface area contributed by atoms with E-state index in [1.165, 1.54) is 30.0 Å². The van der Waals surface area contributed by atoms with E-state index in [1.807, 2.05) is 60.7 Å². The van der Waals surface area contributed by atoms with Gasteiger partial charge in [-0.3, -0.25) is 19.8 Å². The molecule has 0 atom stereocenters. The Bertz CT molecular complexity index is 1120. The van der Waals surface area contributed by atoms with Gasteiger partial charge < -0.3 is 4.42 Å². The third-order valence-electron chi connectivity index (χ3n) is 4.40. The van der Waals surface area contributed by atoms with Crippen molar-refractivity contribution in [3.05, 3.63) is 99.1 Å². The quantitative estimate of drug-likeness (QED) is 0.317. The van der Waals surface area contributed by atoms with Gasteiger partial charge >= 0.3 is 5.88 Å². The van der Waals surface area contributed by atoms with Crippen LogP contribution in [0.15, 0.2) is 87.1 Å². The van der Waals surface area contributed by atoms with Crippen molar-refractivity contribution in [1.29, 1.82) is 0 Å². The molecule has 1 fully saturated rings. The Morgan fingerprint density at radius 3 is 2.40 bits per heavy atom. The van der Waals surface area contributed by atoms with E-state index in [2.05, 4.69) is 4.99 Å². The zero-order valence-electron chi connectivity index (χ0n) is 15.8. The van der Waals surface area contributed by atoms with Crippen molar-refractivity contribution in [3.63, 3.8) is 0 Å². The molecule has 3 aromatic rings. The molecule has 0 unspecified atom stereocenters. The zero-order valence-corrected chi connectivity index (χ0v) is 16.6. The van der Waals surface area contributed by atoms with Crippen LogP contribution in [0.25, 0.3) is 6.08 Å². The standard InChI is InChI=1S/C22H17N3O4S/c26-21-19(15-18-11-12-20(29-18)25(27)28)30-22(23-17-9-5-2-6-10-17)24(21)14-13-16-7-3-1-4-8-16/h1-12,15H,13-14H2/b19-15+,23-22?. The summed E-state index contributed by atoms with van der Waals surface area (Å²) in [5.74, 6) is -0.317. The van der Waals surface area contributed by atoms with Gasteiger partial charge in [0.15, 0.2) is 5.17 Å². The fraction of sp³-hybridized carbons (Fsp3) is 0.0909. The zero-order chi connectivity index (χ0) is 20.9. The predicted molar refractivity (Wildman–Crippen MR) is 116 cm³/mol. The van der Waals surface area contributed by atoms with E-state index in [0.29, 0.717) is 23.0 Å². The second-order valence-electron chi connectivity index (χ2n) is 6.47. The SMILES string of the molecule is O=C1/C(=C\c2ccc([N+](=O)[O-])o2)SC(=Nc2ccccc2)N1CCc1ccccc1. The molecule has 2 heterocycles. The third-order valence-corrected chi connectivity index (χ3v) is 5.41. The lowest BCUT2D eigenvalue weighted by atomic mass is 10.1. The van der Waals surface area contributed by atoms with Gasteiger partial charge in [0.2, 0.25) is 0 Å². The number of carbonyl (C=O) groups excluding carboxylic acids is 1. The molecule has 30 heavy (non-hydrogen) atoms. The highest BCUT2D eigenvalue weighted by atomic mass is 32.2. The number of benzene rings is 2. The number of aliphatic imine (C=N–C) groups is 1. The van der Waals surface area contributed by atoms with Crippen LogP contribution in [0.5, 0.6) is 0 Å². The second-order valence-corrected chi connectivity index (χ2v) is 7.48. The fourth-order valence-corrected chi connectivity index (χ4v) is 3.94. The molecular weight excluding hydrogens is 402 g/mol. The lowest BCUT2D eigenvalue weighted by Gasteiger charge is -2.15. The van der Waals surface area contributed by atoms with E-state index < -0.39 is 4.92 Å². The van der Waals surface area contributed by atoms with Crippen LogP contribution in [0.1, 0.15) is 11.3 Å². The average Bonchev–Trinajstić information content (AvgIpc) is 3.34. The number of furan rings is 1. The Kier molecular flexibility index (Phi) is 5.76. The van der Waals surface area contributed by atoms with Crippen molar-refractivity contribution in [1.82, 2.24) is 4.90 Å². The largest absolute Gasteiger partial charge is 0.433 e. The first-order chi connectivity index (χ1) is 14.6. The Hall–Kier alpha value is -3.65. The molecule has 0 N–H and O–H groups in total. The molecule has 0 spiro atoms. The van der Waals surface area contributed by atoms with Crippen LogP contribution < -0.4 is 0 Å². The summed E-state index contributed by atoms with van der Waals surface area (Å²) in [4.78, 5) is 29.9. The highest BCUT2D eigenvalue weighted by molar-refractivity contribution is 8.18. The van der Waals surface area contributed by atoms with Gasteiger partial charge in [0.05, 0.1) is 16.7 Å². The van der Waals surface area contributed by atoms with Gasteiger partial charge in [-0.1, -0.05) is 48.5 Å². The van der Waals surface area contributed by atoms with E-state index in [4.69, 9.17) is 4.42 Å². The van der Waals surface area contributed by atoms with Gasteiger partial charge in [0.1, 0.15) is 10.7 Å². The second kappa shape index (κ2) is 8.79. The lowest BCUT2D eigenvalue weighted by molar-refractivity contribution is -0.402. The van der Waals surface area contributed by atoms with Crippen molar-refractivity contribution in [3.8, 4) is 0 Å². The predicted octanol–water partition coefficient (Wildman–Crippen LogP) is 5.03. The van der Waals surface area contributed by atoms with Crippen LogP contribution in [0, 0.1) is 10.1 Å². The van der Waals surface area contributed by atoms with Gasteiger partial charge in [-0.05, 0) is 41.9 Å². The molecule has 1 aliphatic heterocycles. The van der Waals surface area contributed by atoms with Crippen LogP contribution >= 0.6 is 11.8 Å². The van der Waals surface area contributed by atoms with Crippen LogP contribution in [0.4, 0.5) is 11.6 Å². The highest BCUT2D eigenvalue weighted by Gasteiger charge is 2.33. The maximum atomic E-state index is 13.1. The minimum absolute atomic E-state index is 0.204. The first kappa shape index (κ1) is 19.7. The van der Waals surface area contributed by atoms with Gasteiger partial charge in [-0.25, -0.2) is 4.99 Å². The summed E-state index contributed by atoms with van der Waals surface area (Å²) in [7, 11) is 0. The van der Waals surface area contributed by atoms with Crippen LogP contribution in [0.2, 0.25) is 0 Å². The highest BCUT2D eigenvalue weighted by Crippen LogP contribution is 2.35. The number of rotatable bonds is 6. The first-order valence-electron chi connectivity index (χ1n) is 9.23. The molecule has 0 radical (unpaired) electrons. The molecule has 0 saturated carbocycles. The van der Waals surface area contributed by atoms with E-state index in [0.717, 1.165) is 11.3 Å². The molecule has 4 rings (SSSR count). The molecule has 1 amide bonds. The maximum Gasteiger partial charge on any atom is 0.433 e. The number of amidine groups is 1. The number of carbonyl (C=O) groups is 1. The number of hydrogen-bond acceptors (Lipinski definition) is 6. The molecule has 0 aliphatic carbocycles. The minimum atomic E-state index is -0.611. The van der Waals surface area contributed by atoms with E-state index in [-0.39, 0.29) is 17.6 Å². The average molecular weight is 419 g/mol. The van der Waals surface area contributed by atoms with Crippen LogP contribution in [-0.4, -0.2) is 27.4 Å². The number of para-hydroxylation sites is 1. The van der Waals surface area contributed by atoms with Crippen LogP contribution in [0.3, 0.4) is 0 Å². The van der Waals surface area contributed by atoms with Gasteiger partial charge in [0, 0.05) is 12.6 Å². The monoisotopic (exact) mass is 419 g/mol. The Labute approximate surface area is 176 Å². The summed E-state index contributed by atoms with van der Waals surface area (Å²) in [6.45, 7) is 0.469. The van der Waals surface area contributed by atoms with Gasteiger partial charge in [0.25, 0.3) is 5.91 Å². The number of nitro groups is 1. The summed E-state index contributed by atoms with van der Waals surface area (Å²) < 4.78 is 5.17. The number of nitrogens with zero attached hydrogens (tertiary/aromatic N) is 3. The summed E-state index contributed by atoms with van der Waals surface area (Å²) in [5, 5.41) is 11.4. The molecule has 1 aliphatic rings. The minimum Gasteiger partial charge on any atom is -0.401 e. The lowest BCUT2D eigenvalue weighted by Crippen LogP contribution is -2.31.